The number of carbonyl (C=O) groups is 1. The zero-order valence-corrected chi connectivity index (χ0v) is 15.8. The molecule has 0 radical (unpaired) electrons. The molecule has 0 aliphatic carbocycles. The summed E-state index contributed by atoms with van der Waals surface area (Å²) in [6.07, 6.45) is 3.49. The second-order valence-corrected chi connectivity index (χ2v) is 7.20. The lowest BCUT2D eigenvalue weighted by molar-refractivity contribution is -0.136. The Morgan fingerprint density at radius 3 is 3.10 bits per heavy atom. The SMILES string of the molecule is CO[C@@H]1C[C@H]2COc3ccn4ncc(c4n3)-c3cc(F)cc(c3)NCCN2C1=O. The molecule has 1 N–H and O–H groups in total. The van der Waals surface area contributed by atoms with Gasteiger partial charge in [-0.05, 0) is 23.8 Å². The van der Waals surface area contributed by atoms with Gasteiger partial charge in [0.25, 0.3) is 5.91 Å². The first-order chi connectivity index (χ1) is 14.1. The predicted octanol–water partition coefficient (Wildman–Crippen LogP) is 1.96. The minimum Gasteiger partial charge on any atom is -0.475 e. The first-order valence-electron chi connectivity index (χ1n) is 9.47. The van der Waals surface area contributed by atoms with Crippen LogP contribution in [0, 0.1) is 5.82 Å². The Bertz CT molecular complexity index is 1090. The highest BCUT2D eigenvalue weighted by atomic mass is 19.1. The molecule has 2 aliphatic rings. The average Bonchev–Trinajstić information content (AvgIpc) is 3.26. The number of benzene rings is 1. The van der Waals surface area contributed by atoms with Gasteiger partial charge in [0.1, 0.15) is 18.5 Å². The summed E-state index contributed by atoms with van der Waals surface area (Å²) < 4.78 is 27.1. The fraction of sp³-hybridized carbons (Fsp3) is 0.350. The molecule has 9 heteroatoms. The first-order valence-corrected chi connectivity index (χ1v) is 9.47. The number of nitrogens with one attached hydrogen (secondary N) is 1. The minimum atomic E-state index is -0.475. The molecule has 2 aliphatic heterocycles. The van der Waals surface area contributed by atoms with Gasteiger partial charge in [0.15, 0.2) is 5.65 Å². The quantitative estimate of drug-likeness (QED) is 0.676. The van der Waals surface area contributed by atoms with Gasteiger partial charge in [0.2, 0.25) is 5.88 Å². The fourth-order valence-electron chi connectivity index (χ4n) is 3.97. The first kappa shape index (κ1) is 17.9. The Kier molecular flexibility index (Phi) is 4.31. The van der Waals surface area contributed by atoms with Gasteiger partial charge in [-0.15, -0.1) is 0 Å². The van der Waals surface area contributed by atoms with E-state index in [1.54, 1.807) is 27.9 Å². The molecule has 4 heterocycles. The van der Waals surface area contributed by atoms with Crippen molar-refractivity contribution in [3.63, 3.8) is 0 Å². The Morgan fingerprint density at radius 1 is 1.34 bits per heavy atom. The number of fused-ring (bicyclic) bond motifs is 5. The number of hydrogen-bond donors (Lipinski definition) is 1. The zero-order valence-electron chi connectivity index (χ0n) is 15.8. The molecule has 2 atom stereocenters. The highest BCUT2D eigenvalue weighted by molar-refractivity contribution is 5.84. The third kappa shape index (κ3) is 3.17. The zero-order chi connectivity index (χ0) is 20.0. The van der Waals surface area contributed by atoms with Crippen LogP contribution in [0.25, 0.3) is 16.8 Å². The van der Waals surface area contributed by atoms with E-state index in [0.717, 1.165) is 0 Å². The lowest BCUT2D eigenvalue weighted by Gasteiger charge is -2.25. The van der Waals surface area contributed by atoms with Crippen molar-refractivity contribution >= 4 is 17.2 Å². The summed E-state index contributed by atoms with van der Waals surface area (Å²) in [7, 11) is 1.54. The van der Waals surface area contributed by atoms with E-state index in [1.807, 2.05) is 6.07 Å². The van der Waals surface area contributed by atoms with Crippen molar-refractivity contribution < 1.29 is 18.7 Å². The van der Waals surface area contributed by atoms with E-state index in [4.69, 9.17) is 9.47 Å². The van der Waals surface area contributed by atoms with Gasteiger partial charge in [-0.1, -0.05) is 0 Å². The van der Waals surface area contributed by atoms with Crippen molar-refractivity contribution in [1.82, 2.24) is 19.5 Å². The van der Waals surface area contributed by atoms with Crippen LogP contribution in [-0.4, -0.2) is 64.4 Å². The molecule has 4 bridgehead atoms. The molecule has 29 heavy (non-hydrogen) atoms. The number of aromatic nitrogens is 3. The smallest absolute Gasteiger partial charge is 0.252 e. The van der Waals surface area contributed by atoms with E-state index in [-0.39, 0.29) is 17.8 Å². The summed E-state index contributed by atoms with van der Waals surface area (Å²) in [6, 6.07) is 6.34. The van der Waals surface area contributed by atoms with Crippen LogP contribution in [0.3, 0.4) is 0 Å². The molecule has 1 fully saturated rings. The van der Waals surface area contributed by atoms with Crippen molar-refractivity contribution in [1.29, 1.82) is 0 Å². The third-order valence-corrected chi connectivity index (χ3v) is 5.43. The van der Waals surface area contributed by atoms with Gasteiger partial charge < -0.3 is 19.7 Å². The maximum atomic E-state index is 14.3. The molecule has 8 nitrogen and oxygen atoms in total. The molecule has 150 valence electrons. The Labute approximate surface area is 166 Å². The number of hydrogen-bond acceptors (Lipinski definition) is 6. The molecule has 1 aromatic carbocycles. The van der Waals surface area contributed by atoms with Crippen LogP contribution in [0.15, 0.2) is 36.7 Å². The van der Waals surface area contributed by atoms with Crippen molar-refractivity contribution in [3.8, 4) is 17.0 Å². The Balaban J connectivity index is 1.58. The van der Waals surface area contributed by atoms with E-state index in [1.165, 1.54) is 19.2 Å². The van der Waals surface area contributed by atoms with Crippen molar-refractivity contribution in [2.24, 2.45) is 0 Å². The fourth-order valence-corrected chi connectivity index (χ4v) is 3.97. The highest BCUT2D eigenvalue weighted by Gasteiger charge is 2.39. The van der Waals surface area contributed by atoms with Crippen LogP contribution in [0.4, 0.5) is 10.1 Å². The number of rotatable bonds is 1. The van der Waals surface area contributed by atoms with Crippen LogP contribution in [0.2, 0.25) is 0 Å². The van der Waals surface area contributed by atoms with Gasteiger partial charge in [-0.3, -0.25) is 4.79 Å². The number of ether oxygens (including phenoxy) is 2. The van der Waals surface area contributed by atoms with Crippen LogP contribution >= 0.6 is 0 Å². The summed E-state index contributed by atoms with van der Waals surface area (Å²) in [5.41, 5.74) is 2.59. The molecule has 0 unspecified atom stereocenters. The summed E-state index contributed by atoms with van der Waals surface area (Å²) in [4.78, 5) is 19.0. The second kappa shape index (κ2) is 7.00. The molecular formula is C20H20FN5O3. The number of carbonyl (C=O) groups excluding carboxylic acids is 1. The second-order valence-electron chi connectivity index (χ2n) is 7.20. The highest BCUT2D eigenvalue weighted by Crippen LogP contribution is 2.29. The van der Waals surface area contributed by atoms with Gasteiger partial charge in [0, 0.05) is 50.1 Å². The summed E-state index contributed by atoms with van der Waals surface area (Å²) in [6.45, 7) is 1.26. The third-order valence-electron chi connectivity index (χ3n) is 5.43. The maximum Gasteiger partial charge on any atom is 0.252 e. The van der Waals surface area contributed by atoms with Crippen molar-refractivity contribution in [2.45, 2.75) is 18.6 Å². The molecule has 0 saturated carbocycles. The Hall–Kier alpha value is -3.20. The monoisotopic (exact) mass is 397 g/mol. The molecule has 5 rings (SSSR count). The van der Waals surface area contributed by atoms with E-state index in [9.17, 15) is 9.18 Å². The van der Waals surface area contributed by atoms with E-state index < -0.39 is 6.10 Å². The number of methoxy groups -OCH3 is 1. The summed E-state index contributed by atoms with van der Waals surface area (Å²) >= 11 is 0. The standard InChI is InChI=1S/C20H20FN5O3/c1-28-17-9-15-11-29-18-2-4-26-19(24-18)16(10-23-26)12-6-13(21)8-14(7-12)22-3-5-25(15)20(17)27/h2,4,6-8,10,15,17,22H,3,5,9,11H2,1H3/t15-,17+/m0/s1. The molecule has 1 saturated heterocycles. The van der Waals surface area contributed by atoms with Crippen LogP contribution in [-0.2, 0) is 9.53 Å². The normalized spacial score (nSPS) is 21.6. The number of nitrogens with zero attached hydrogens (tertiary/aromatic N) is 4. The largest absolute Gasteiger partial charge is 0.475 e. The lowest BCUT2D eigenvalue weighted by Crippen LogP contribution is -2.41. The topological polar surface area (TPSA) is 81.0 Å². The van der Waals surface area contributed by atoms with E-state index in [2.05, 4.69) is 15.4 Å². The van der Waals surface area contributed by atoms with Gasteiger partial charge in [-0.2, -0.15) is 10.1 Å². The predicted molar refractivity (Wildman–Crippen MR) is 103 cm³/mol. The van der Waals surface area contributed by atoms with Crippen LogP contribution in [0.1, 0.15) is 6.42 Å². The van der Waals surface area contributed by atoms with Gasteiger partial charge in [-0.25, -0.2) is 8.91 Å². The van der Waals surface area contributed by atoms with Crippen LogP contribution in [0.5, 0.6) is 5.88 Å². The Morgan fingerprint density at radius 2 is 2.24 bits per heavy atom. The van der Waals surface area contributed by atoms with E-state index >= 15 is 0 Å². The van der Waals surface area contributed by atoms with Gasteiger partial charge in [0.05, 0.1) is 12.2 Å². The minimum absolute atomic E-state index is 0.0589. The average molecular weight is 397 g/mol. The number of anilines is 1. The van der Waals surface area contributed by atoms with Crippen molar-refractivity contribution in [3.05, 3.63) is 42.5 Å². The molecule has 0 spiro atoms. The molecular weight excluding hydrogens is 377 g/mol. The summed E-state index contributed by atoms with van der Waals surface area (Å²) in [5.74, 6) is 0.00848. The number of amides is 1. The molecule has 3 aromatic rings. The number of halogens is 1. The summed E-state index contributed by atoms with van der Waals surface area (Å²) in [5, 5.41) is 7.52. The molecule has 1 amide bonds. The lowest BCUT2D eigenvalue weighted by atomic mass is 10.1. The van der Waals surface area contributed by atoms with E-state index in [0.29, 0.717) is 54.5 Å². The van der Waals surface area contributed by atoms with Crippen molar-refractivity contribution in [2.75, 3.05) is 32.1 Å². The van der Waals surface area contributed by atoms with Gasteiger partial charge >= 0.3 is 0 Å². The maximum absolute atomic E-state index is 14.3. The van der Waals surface area contributed by atoms with Crippen LogP contribution < -0.4 is 10.1 Å². The molecule has 2 aromatic heterocycles.